The first kappa shape index (κ1) is 32.6. The summed E-state index contributed by atoms with van der Waals surface area (Å²) < 4.78 is 33.8. The first-order valence-electron chi connectivity index (χ1n) is 16.1. The topological polar surface area (TPSA) is 55.4 Å². The average Bonchev–Trinajstić information content (AvgIpc) is 3.36. The van der Waals surface area contributed by atoms with Crippen molar-refractivity contribution in [3.63, 3.8) is 0 Å². The maximum absolute atomic E-state index is 5.99. The molecule has 1 aliphatic carbocycles. The van der Waals surface area contributed by atoms with Gasteiger partial charge in [-0.15, -0.1) is 0 Å². The van der Waals surface area contributed by atoms with Gasteiger partial charge < -0.3 is 28.4 Å². The minimum Gasteiger partial charge on any atom is -0.502 e. The monoisotopic (exact) mass is 620 g/mol. The lowest BCUT2D eigenvalue weighted by molar-refractivity contribution is 0.119. The van der Waals surface area contributed by atoms with Crippen molar-refractivity contribution < 1.29 is 28.4 Å². The van der Waals surface area contributed by atoms with E-state index in [4.69, 9.17) is 28.4 Å². The third-order valence-corrected chi connectivity index (χ3v) is 8.05. The number of ether oxygens (including phenoxy) is 6. The Bertz CT molecular complexity index is 1540. The van der Waals surface area contributed by atoms with Crippen LogP contribution in [-0.2, 0) is 15.9 Å². The van der Waals surface area contributed by atoms with Crippen LogP contribution in [0.1, 0.15) is 60.8 Å². The molecule has 0 aliphatic heterocycles. The molecule has 1 unspecified atom stereocenters. The van der Waals surface area contributed by atoms with Crippen molar-refractivity contribution in [1.82, 2.24) is 0 Å². The van der Waals surface area contributed by atoms with Gasteiger partial charge in [-0.25, -0.2) is 0 Å². The number of fused-ring (bicyclic) bond motifs is 3. The van der Waals surface area contributed by atoms with E-state index < -0.39 is 0 Å². The Labute approximate surface area is 273 Å². The molecule has 240 valence electrons. The summed E-state index contributed by atoms with van der Waals surface area (Å²) in [7, 11) is 0. The van der Waals surface area contributed by atoms with Gasteiger partial charge in [-0.3, -0.25) is 0 Å². The molecule has 1 aliphatic rings. The average molecular weight is 621 g/mol. The van der Waals surface area contributed by atoms with Crippen LogP contribution in [0.25, 0.3) is 11.1 Å². The lowest BCUT2D eigenvalue weighted by Crippen LogP contribution is -2.06. The zero-order chi connectivity index (χ0) is 32.0. The van der Waals surface area contributed by atoms with E-state index >= 15 is 0 Å². The largest absolute Gasteiger partial charge is 0.502 e. The molecule has 0 bridgehead atoms. The lowest BCUT2D eigenvalue weighted by Gasteiger charge is -2.12. The fraction of sp³-hybridized carbons (Fsp3) is 0.300. The number of benzene rings is 4. The third kappa shape index (κ3) is 9.10. The summed E-state index contributed by atoms with van der Waals surface area (Å²) in [6, 6.07) is 29.2. The minimum atomic E-state index is 0.127. The summed E-state index contributed by atoms with van der Waals surface area (Å²) in [4.78, 5) is 0. The second-order valence-corrected chi connectivity index (χ2v) is 11.3. The van der Waals surface area contributed by atoms with Crippen molar-refractivity contribution in [1.29, 1.82) is 0 Å². The van der Waals surface area contributed by atoms with Crippen molar-refractivity contribution in [3.05, 3.63) is 133 Å². The number of unbranched alkanes of at least 4 members (excludes halogenated alkanes) is 2. The highest BCUT2D eigenvalue weighted by Gasteiger charge is 2.26. The molecule has 0 N–H and O–H groups in total. The molecule has 0 spiro atoms. The van der Waals surface area contributed by atoms with Gasteiger partial charge in [0.2, 0.25) is 6.79 Å². The standard InChI is InChI=1S/C40H44O6/c1-4-41-22-6-8-24-43-33-13-10-31(11-14-33)26-32-12-20-37-38-21-19-36(28-40(38)30(3)39(37)27-32)46-29-45-35-17-15-34(16-18-35)44-25-9-7-23-42-5-2/h4-5,10-21,27-28,30H,1-2,6-9,22-26,29H2,3H3. The number of rotatable bonds is 20. The van der Waals surface area contributed by atoms with Crippen molar-refractivity contribution in [2.45, 2.75) is 44.9 Å². The van der Waals surface area contributed by atoms with E-state index in [-0.39, 0.29) is 12.7 Å². The van der Waals surface area contributed by atoms with Crippen LogP contribution in [0.3, 0.4) is 0 Å². The molecule has 0 saturated heterocycles. The molecule has 46 heavy (non-hydrogen) atoms. The zero-order valence-corrected chi connectivity index (χ0v) is 26.7. The van der Waals surface area contributed by atoms with Crippen LogP contribution in [0, 0.1) is 0 Å². The molecule has 0 saturated carbocycles. The van der Waals surface area contributed by atoms with Gasteiger partial charge in [0.25, 0.3) is 0 Å². The van der Waals surface area contributed by atoms with Gasteiger partial charge in [0.15, 0.2) is 0 Å². The van der Waals surface area contributed by atoms with Gasteiger partial charge >= 0.3 is 0 Å². The third-order valence-electron chi connectivity index (χ3n) is 8.05. The molecule has 4 aromatic carbocycles. The van der Waals surface area contributed by atoms with E-state index in [2.05, 4.69) is 74.7 Å². The molecule has 0 heterocycles. The quantitative estimate of drug-likeness (QED) is 0.0557. The molecule has 4 aromatic rings. The normalized spacial score (nSPS) is 12.8. The first-order chi connectivity index (χ1) is 22.6. The van der Waals surface area contributed by atoms with Crippen molar-refractivity contribution >= 4 is 0 Å². The Morgan fingerprint density at radius 2 is 0.978 bits per heavy atom. The van der Waals surface area contributed by atoms with Gasteiger partial charge in [0.05, 0.1) is 39.0 Å². The summed E-state index contributed by atoms with van der Waals surface area (Å²) in [5.74, 6) is 3.52. The van der Waals surface area contributed by atoms with Gasteiger partial charge in [0.1, 0.15) is 23.0 Å². The Kier molecular flexibility index (Phi) is 12.0. The fourth-order valence-electron chi connectivity index (χ4n) is 5.59. The van der Waals surface area contributed by atoms with Crippen molar-refractivity contribution in [2.24, 2.45) is 0 Å². The molecular formula is C40H44O6. The second-order valence-electron chi connectivity index (χ2n) is 11.3. The lowest BCUT2D eigenvalue weighted by atomic mass is 9.95. The second kappa shape index (κ2) is 17.0. The molecular weight excluding hydrogens is 576 g/mol. The SMILES string of the molecule is C=COCCCCOc1ccc(Cc2ccc3c(c2)C(C)c2cc(OCOc4ccc(OCCCCOC=C)cc4)ccc2-3)cc1. The van der Waals surface area contributed by atoms with Crippen LogP contribution in [-0.4, -0.2) is 33.2 Å². The summed E-state index contributed by atoms with van der Waals surface area (Å²) in [6.45, 7) is 12.2. The van der Waals surface area contributed by atoms with Crippen molar-refractivity contribution in [2.75, 3.05) is 33.2 Å². The highest BCUT2D eigenvalue weighted by Crippen LogP contribution is 2.46. The fourth-order valence-corrected chi connectivity index (χ4v) is 5.59. The van der Waals surface area contributed by atoms with Gasteiger partial charge in [0, 0.05) is 5.92 Å². The van der Waals surface area contributed by atoms with Crippen molar-refractivity contribution in [3.8, 4) is 34.1 Å². The maximum atomic E-state index is 5.99. The van der Waals surface area contributed by atoms with Gasteiger partial charge in [-0.2, -0.15) is 0 Å². The van der Waals surface area contributed by atoms with Crippen LogP contribution in [0.15, 0.2) is 111 Å². The Balaban J connectivity index is 1.09. The Morgan fingerprint density at radius 1 is 0.522 bits per heavy atom. The number of hydrogen-bond donors (Lipinski definition) is 0. The van der Waals surface area contributed by atoms with Crippen LogP contribution in [0.2, 0.25) is 0 Å². The Hall–Kier alpha value is -4.84. The molecule has 5 rings (SSSR count). The van der Waals surface area contributed by atoms with Gasteiger partial charge in [-0.05, 0) is 114 Å². The smallest absolute Gasteiger partial charge is 0.230 e. The van der Waals surface area contributed by atoms with Crippen LogP contribution in [0.4, 0.5) is 0 Å². The molecule has 6 heteroatoms. The van der Waals surface area contributed by atoms with Crippen LogP contribution < -0.4 is 18.9 Å². The molecule has 1 atom stereocenters. The highest BCUT2D eigenvalue weighted by atomic mass is 16.7. The van der Waals surface area contributed by atoms with E-state index in [0.717, 1.165) is 55.1 Å². The predicted molar refractivity (Wildman–Crippen MR) is 183 cm³/mol. The predicted octanol–water partition coefficient (Wildman–Crippen LogP) is 9.46. The summed E-state index contributed by atoms with van der Waals surface area (Å²) in [5.41, 5.74) is 7.76. The molecule has 0 fully saturated rings. The first-order valence-corrected chi connectivity index (χ1v) is 16.1. The van der Waals surface area contributed by atoms with Crippen LogP contribution >= 0.6 is 0 Å². The molecule has 6 nitrogen and oxygen atoms in total. The zero-order valence-electron chi connectivity index (χ0n) is 26.7. The molecule has 0 aromatic heterocycles. The number of hydrogen-bond acceptors (Lipinski definition) is 6. The maximum Gasteiger partial charge on any atom is 0.230 e. The highest BCUT2D eigenvalue weighted by molar-refractivity contribution is 5.79. The van der Waals surface area contributed by atoms with E-state index in [1.165, 1.54) is 45.9 Å². The summed E-state index contributed by atoms with van der Waals surface area (Å²) in [6.07, 6.45) is 7.58. The summed E-state index contributed by atoms with van der Waals surface area (Å²) >= 11 is 0. The van der Waals surface area contributed by atoms with E-state index in [1.807, 2.05) is 30.3 Å². The van der Waals surface area contributed by atoms with Gasteiger partial charge in [-0.1, -0.05) is 56.5 Å². The van der Waals surface area contributed by atoms with Crippen LogP contribution in [0.5, 0.6) is 23.0 Å². The Morgan fingerprint density at radius 3 is 1.59 bits per heavy atom. The molecule has 0 amide bonds. The minimum absolute atomic E-state index is 0.127. The van der Waals surface area contributed by atoms with E-state index in [0.29, 0.717) is 26.4 Å². The summed E-state index contributed by atoms with van der Waals surface area (Å²) in [5, 5.41) is 0. The van der Waals surface area contributed by atoms with E-state index in [9.17, 15) is 0 Å². The van der Waals surface area contributed by atoms with E-state index in [1.54, 1.807) is 0 Å². The molecule has 0 radical (unpaired) electrons.